The quantitative estimate of drug-likeness (QED) is 0.0464. The zero-order chi connectivity index (χ0) is 25.8. The van der Waals surface area contributed by atoms with Crippen molar-refractivity contribution in [1.82, 2.24) is 5.43 Å². The Hall–Kier alpha value is -2.22. The van der Waals surface area contributed by atoms with Gasteiger partial charge in [0.1, 0.15) is 5.75 Å². The number of ether oxygens (including phenoxy) is 1. The minimum absolute atomic E-state index is 0.0580. The number of carbonyl (C=O) groups excluding carboxylic acids is 2. The van der Waals surface area contributed by atoms with Gasteiger partial charge in [0.25, 0.3) is 0 Å². The third-order valence-electron chi connectivity index (χ3n) is 6.09. The fraction of sp³-hybridized carbons (Fsp3) is 0.500. The number of carbonyl (C=O) groups is 2. The topological polar surface area (TPSA) is 67.8 Å². The molecule has 196 valence electrons. The lowest BCUT2D eigenvalue weighted by molar-refractivity contribution is -0.121. The van der Waals surface area contributed by atoms with Gasteiger partial charge in [-0.1, -0.05) is 96.1 Å². The van der Waals surface area contributed by atoms with Crippen LogP contribution < -0.4 is 10.2 Å². The number of unbranched alkanes of at least 4 members (excludes halogenated alkanes) is 12. The minimum atomic E-state index is -0.387. The highest BCUT2D eigenvalue weighted by Crippen LogP contribution is 2.17. The Morgan fingerprint density at radius 3 is 1.94 bits per heavy atom. The van der Waals surface area contributed by atoms with Crippen LogP contribution in [0.15, 0.2) is 53.6 Å². The van der Waals surface area contributed by atoms with Crippen LogP contribution in [0.25, 0.3) is 0 Å². The molecule has 1 N–H and O–H groups in total. The van der Waals surface area contributed by atoms with E-state index in [1.54, 1.807) is 36.5 Å². The van der Waals surface area contributed by atoms with Gasteiger partial charge < -0.3 is 4.74 Å². The predicted molar refractivity (Wildman–Crippen MR) is 157 cm³/mol. The molecule has 0 saturated carbocycles. The molecular weight excluding hydrogens is 563 g/mol. The molecule has 36 heavy (non-hydrogen) atoms. The van der Waals surface area contributed by atoms with Crippen LogP contribution >= 0.6 is 22.6 Å². The predicted octanol–water partition coefficient (Wildman–Crippen LogP) is 8.44. The van der Waals surface area contributed by atoms with Gasteiger partial charge in [-0.05, 0) is 71.0 Å². The third-order valence-corrected chi connectivity index (χ3v) is 7.04. The van der Waals surface area contributed by atoms with Crippen molar-refractivity contribution in [2.75, 3.05) is 0 Å². The maximum Gasteiger partial charge on any atom is 0.344 e. The van der Waals surface area contributed by atoms with Gasteiger partial charge in [-0.25, -0.2) is 10.2 Å². The molecule has 0 aromatic heterocycles. The minimum Gasteiger partial charge on any atom is -0.423 e. The van der Waals surface area contributed by atoms with Crippen molar-refractivity contribution < 1.29 is 14.3 Å². The van der Waals surface area contributed by atoms with Crippen LogP contribution in [-0.4, -0.2) is 18.1 Å². The van der Waals surface area contributed by atoms with Gasteiger partial charge in [0.15, 0.2) is 0 Å². The molecule has 0 radical (unpaired) electrons. The summed E-state index contributed by atoms with van der Waals surface area (Å²) in [6, 6.07) is 14.3. The first kappa shape index (κ1) is 30.0. The second-order valence-electron chi connectivity index (χ2n) is 9.22. The Labute approximate surface area is 230 Å². The first-order valence-corrected chi connectivity index (χ1v) is 14.6. The Bertz CT molecular complexity index is 928. The normalized spacial score (nSPS) is 11.1. The average molecular weight is 605 g/mol. The van der Waals surface area contributed by atoms with E-state index >= 15 is 0 Å². The Balaban J connectivity index is 1.51. The molecule has 0 fully saturated rings. The monoisotopic (exact) mass is 604 g/mol. The van der Waals surface area contributed by atoms with Gasteiger partial charge in [0.2, 0.25) is 5.91 Å². The number of esters is 1. The maximum absolute atomic E-state index is 12.3. The number of hydrazone groups is 1. The smallest absolute Gasteiger partial charge is 0.344 e. The van der Waals surface area contributed by atoms with E-state index in [9.17, 15) is 9.59 Å². The molecule has 0 spiro atoms. The molecular formula is C30H41IN2O3. The number of nitrogens with one attached hydrogen (secondary N) is 1. The molecule has 6 heteroatoms. The number of hydrogen-bond donors (Lipinski definition) is 1. The lowest BCUT2D eigenvalue weighted by Crippen LogP contribution is -2.16. The molecule has 2 aromatic rings. The molecule has 2 aromatic carbocycles. The first-order chi connectivity index (χ1) is 17.6. The second-order valence-corrected chi connectivity index (χ2v) is 10.4. The third kappa shape index (κ3) is 13.2. The van der Waals surface area contributed by atoms with Gasteiger partial charge in [-0.15, -0.1) is 0 Å². The summed E-state index contributed by atoms with van der Waals surface area (Å²) in [5.74, 6) is 0.0161. The molecule has 2 rings (SSSR count). The molecule has 0 saturated heterocycles. The largest absolute Gasteiger partial charge is 0.423 e. The summed E-state index contributed by atoms with van der Waals surface area (Å²) in [4.78, 5) is 24.3. The molecule has 0 unspecified atom stereocenters. The molecule has 0 aliphatic carbocycles. The lowest BCUT2D eigenvalue weighted by atomic mass is 10.0. The van der Waals surface area contributed by atoms with Crippen LogP contribution in [-0.2, 0) is 4.79 Å². The fourth-order valence-electron chi connectivity index (χ4n) is 3.95. The molecule has 0 bridgehead atoms. The van der Waals surface area contributed by atoms with Crippen molar-refractivity contribution >= 4 is 40.7 Å². The van der Waals surface area contributed by atoms with Crippen LogP contribution in [0.2, 0.25) is 0 Å². The van der Waals surface area contributed by atoms with Gasteiger partial charge in [0, 0.05) is 9.99 Å². The highest BCUT2D eigenvalue weighted by atomic mass is 127. The van der Waals surface area contributed by atoms with E-state index in [1.807, 2.05) is 18.2 Å². The number of amides is 1. The van der Waals surface area contributed by atoms with Crippen molar-refractivity contribution in [1.29, 1.82) is 0 Å². The summed E-state index contributed by atoms with van der Waals surface area (Å²) in [5, 5.41) is 4.04. The summed E-state index contributed by atoms with van der Waals surface area (Å²) in [6.45, 7) is 2.26. The zero-order valence-electron chi connectivity index (χ0n) is 21.6. The molecule has 0 aliphatic rings. The molecule has 1 amide bonds. The van der Waals surface area contributed by atoms with Crippen LogP contribution in [0.1, 0.15) is 113 Å². The SMILES string of the molecule is CCCCCCCCCCCCCCCC(=O)NN=Cc1ccc(OC(=O)c2ccccc2I)cc1. The van der Waals surface area contributed by atoms with Gasteiger partial charge >= 0.3 is 5.97 Å². The lowest BCUT2D eigenvalue weighted by Gasteiger charge is -2.06. The molecule has 5 nitrogen and oxygen atoms in total. The number of benzene rings is 2. The van der Waals surface area contributed by atoms with Crippen molar-refractivity contribution in [2.45, 2.75) is 96.8 Å². The van der Waals surface area contributed by atoms with E-state index in [2.05, 4.69) is 40.0 Å². The summed E-state index contributed by atoms with van der Waals surface area (Å²) in [5.41, 5.74) is 3.94. The summed E-state index contributed by atoms with van der Waals surface area (Å²) in [6.07, 6.45) is 18.9. The van der Waals surface area contributed by atoms with E-state index < -0.39 is 0 Å². The van der Waals surface area contributed by atoms with Crippen LogP contribution in [0, 0.1) is 3.57 Å². The van der Waals surface area contributed by atoms with Gasteiger partial charge in [-0.2, -0.15) is 5.10 Å². The van der Waals surface area contributed by atoms with Crippen LogP contribution in [0.3, 0.4) is 0 Å². The van der Waals surface area contributed by atoms with Crippen molar-refractivity contribution in [3.05, 3.63) is 63.2 Å². The number of hydrogen-bond acceptors (Lipinski definition) is 4. The van der Waals surface area contributed by atoms with E-state index in [0.717, 1.165) is 22.0 Å². The number of rotatable bonds is 18. The summed E-state index contributed by atoms with van der Waals surface area (Å²) in [7, 11) is 0. The summed E-state index contributed by atoms with van der Waals surface area (Å²) >= 11 is 2.11. The second kappa shape index (κ2) is 19.0. The van der Waals surface area contributed by atoms with Crippen molar-refractivity contribution in [2.24, 2.45) is 5.10 Å². The number of nitrogens with zero attached hydrogens (tertiary/aromatic N) is 1. The Morgan fingerprint density at radius 2 is 1.36 bits per heavy atom. The Kier molecular flexibility index (Phi) is 15.8. The molecule has 0 aliphatic heterocycles. The standard InChI is InChI=1S/C30H41IN2O3/c1-2-3-4-5-6-7-8-9-10-11-12-13-14-19-29(34)33-32-24-25-20-22-26(23-21-25)36-30(35)27-17-15-16-18-28(27)31/h15-18,20-24H,2-14,19H2,1H3,(H,33,34). The van der Waals surface area contributed by atoms with Crippen molar-refractivity contribution in [3.8, 4) is 5.75 Å². The van der Waals surface area contributed by atoms with E-state index in [4.69, 9.17) is 4.74 Å². The maximum atomic E-state index is 12.3. The van der Waals surface area contributed by atoms with E-state index in [1.165, 1.54) is 70.6 Å². The highest BCUT2D eigenvalue weighted by molar-refractivity contribution is 14.1. The molecule has 0 atom stereocenters. The van der Waals surface area contributed by atoms with Crippen molar-refractivity contribution in [3.63, 3.8) is 0 Å². The van der Waals surface area contributed by atoms with Gasteiger partial charge in [0.05, 0.1) is 11.8 Å². The van der Waals surface area contributed by atoms with Crippen LogP contribution in [0.4, 0.5) is 0 Å². The summed E-state index contributed by atoms with van der Waals surface area (Å²) < 4.78 is 6.28. The zero-order valence-corrected chi connectivity index (χ0v) is 23.8. The average Bonchev–Trinajstić information content (AvgIpc) is 2.88. The Morgan fingerprint density at radius 1 is 0.806 bits per heavy atom. The molecule has 0 heterocycles. The van der Waals surface area contributed by atoms with E-state index in [-0.39, 0.29) is 11.9 Å². The number of halogens is 1. The highest BCUT2D eigenvalue weighted by Gasteiger charge is 2.11. The van der Waals surface area contributed by atoms with Gasteiger partial charge in [-0.3, -0.25) is 4.79 Å². The van der Waals surface area contributed by atoms with Crippen LogP contribution in [0.5, 0.6) is 5.75 Å². The fourth-order valence-corrected chi connectivity index (χ4v) is 4.56. The first-order valence-electron chi connectivity index (χ1n) is 13.5. The van der Waals surface area contributed by atoms with E-state index in [0.29, 0.717) is 17.7 Å².